The summed E-state index contributed by atoms with van der Waals surface area (Å²) in [6.07, 6.45) is 0. The number of hydrogen-bond acceptors (Lipinski definition) is 2. The zero-order chi connectivity index (χ0) is 76.0. The fourth-order valence-electron chi connectivity index (χ4n) is 17.9. The minimum Gasteiger partial charge on any atom is -0.311 e. The van der Waals surface area contributed by atoms with Gasteiger partial charge in [0.1, 0.15) is 0 Å². The van der Waals surface area contributed by atoms with Gasteiger partial charge in [-0.2, -0.15) is 0 Å². The summed E-state index contributed by atoms with van der Waals surface area (Å²) in [5.41, 5.74) is 36.7. The molecule has 15 aromatic carbocycles. The van der Waals surface area contributed by atoms with Gasteiger partial charge in [0, 0.05) is 67.0 Å². The predicted octanol–water partition coefficient (Wildman–Crippen LogP) is 27.2. The molecule has 0 fully saturated rings. The molecule has 0 radical (unpaired) electrons. The minimum absolute atomic E-state index is 0.0775. The summed E-state index contributed by atoms with van der Waals surface area (Å²) in [7, 11) is 0. The van der Waals surface area contributed by atoms with Gasteiger partial charge in [-0.25, -0.2) is 0 Å². The van der Waals surface area contributed by atoms with Gasteiger partial charge in [-0.05, 0) is 212 Å². The lowest BCUT2D eigenvalue weighted by Gasteiger charge is -2.44. The first kappa shape index (κ1) is 69.1. The molecule has 0 aliphatic carbocycles. The zero-order valence-electron chi connectivity index (χ0n) is 65.6. The van der Waals surface area contributed by atoms with Crippen molar-refractivity contribution in [2.24, 2.45) is 0 Å². The topological polar surface area (TPSA) is 16.3 Å². The standard InChI is InChI=1S/C106H91BN4/c1-103(2,3)74-46-56-86-87-57-47-75(104(4,5)6)63-95(87)110(94(86)62-74)80-54-60-90-98(66-80)108(78-50-42-72(43-51-78)100-82(68-28-17-13-18-29-68)36-25-37-83(100)69-30-19-14-20-31-69)92-40-27-41-93-102(92)107(90)91-61-55-81(111-96-64-76(105(7,8)9)48-58-88(96)89-59-49-77(65-97(89)111)106(10,11)12)67-99(91)109(93)79-52-44-73(45-53-79)101-84(70-32-21-15-22-33-70)38-26-39-85(101)71-34-23-16-24-35-71/h13-67H,1-12H3. The van der Waals surface area contributed by atoms with Crippen LogP contribution in [0.25, 0.3) is 122 Å². The second kappa shape index (κ2) is 26.1. The van der Waals surface area contributed by atoms with Crippen molar-refractivity contribution in [3.8, 4) is 78.1 Å². The maximum atomic E-state index is 2.60. The van der Waals surface area contributed by atoms with E-state index in [0.29, 0.717) is 0 Å². The van der Waals surface area contributed by atoms with Gasteiger partial charge in [-0.1, -0.05) is 332 Å². The van der Waals surface area contributed by atoms with Gasteiger partial charge in [-0.3, -0.25) is 0 Å². The number of anilines is 6. The predicted molar refractivity (Wildman–Crippen MR) is 477 cm³/mol. The van der Waals surface area contributed by atoms with E-state index in [-0.39, 0.29) is 28.4 Å². The number of nitrogens with zero attached hydrogens (tertiary/aromatic N) is 4. The first-order valence-electron chi connectivity index (χ1n) is 39.5. The van der Waals surface area contributed by atoms with E-state index in [0.717, 1.165) is 56.6 Å². The lowest BCUT2D eigenvalue weighted by Crippen LogP contribution is -2.61. The van der Waals surface area contributed by atoms with Crippen molar-refractivity contribution < 1.29 is 0 Å². The Morgan fingerprint density at radius 2 is 0.486 bits per heavy atom. The molecule has 538 valence electrons. The number of aromatic nitrogens is 2. The Kier molecular flexibility index (Phi) is 16.3. The molecule has 2 aliphatic heterocycles. The zero-order valence-corrected chi connectivity index (χ0v) is 65.6. The molecule has 19 rings (SSSR count). The highest BCUT2D eigenvalue weighted by atomic mass is 15.2. The highest BCUT2D eigenvalue weighted by molar-refractivity contribution is 7.00. The lowest BCUT2D eigenvalue weighted by molar-refractivity contribution is 0.590. The van der Waals surface area contributed by atoms with E-state index in [1.807, 2.05) is 0 Å². The van der Waals surface area contributed by atoms with E-state index in [4.69, 9.17) is 0 Å². The fourth-order valence-corrected chi connectivity index (χ4v) is 17.9. The molecule has 0 N–H and O–H groups in total. The highest BCUT2D eigenvalue weighted by Crippen LogP contribution is 2.50. The Balaban J connectivity index is 0.877. The summed E-state index contributed by atoms with van der Waals surface area (Å²) >= 11 is 0. The van der Waals surface area contributed by atoms with Crippen molar-refractivity contribution in [3.63, 3.8) is 0 Å². The highest BCUT2D eigenvalue weighted by Gasteiger charge is 2.44. The number of rotatable bonds is 10. The third-order valence-corrected chi connectivity index (χ3v) is 23.8. The van der Waals surface area contributed by atoms with Crippen molar-refractivity contribution in [1.82, 2.24) is 9.13 Å². The molecule has 4 nitrogen and oxygen atoms in total. The molecule has 5 heteroatoms. The summed E-state index contributed by atoms with van der Waals surface area (Å²) < 4.78 is 5.15. The molecular weight excluding hydrogens is 1340 g/mol. The van der Waals surface area contributed by atoms with Crippen LogP contribution in [0.4, 0.5) is 34.1 Å². The smallest absolute Gasteiger partial charge is 0.252 e. The SMILES string of the molecule is CC(C)(C)c1ccc2c3ccc(C(C)(C)C)cc3n(-c3ccc4c(c3)N(c3ccc(-c5c(-c6ccccc6)cccc5-c5ccccc5)cc3)c3cccc5c3B4c3ccc(-n4c6cc(C(C)(C)C)ccc6c6ccc(C(C)(C)C)cc64)cc3N5c3ccc(-c4c(-c5ccccc5)cccc4-c4ccccc4)cc3)c2c1. The third kappa shape index (κ3) is 11.7. The molecule has 0 saturated heterocycles. The average molecular weight is 1430 g/mol. The largest absolute Gasteiger partial charge is 0.311 e. The molecule has 111 heavy (non-hydrogen) atoms. The van der Waals surface area contributed by atoms with Gasteiger partial charge >= 0.3 is 0 Å². The molecule has 0 atom stereocenters. The van der Waals surface area contributed by atoms with E-state index < -0.39 is 0 Å². The summed E-state index contributed by atoms with van der Waals surface area (Å²) in [5.74, 6) is 0. The first-order valence-corrected chi connectivity index (χ1v) is 39.5. The van der Waals surface area contributed by atoms with Crippen LogP contribution in [0.1, 0.15) is 105 Å². The Bertz CT molecular complexity index is 5860. The molecular formula is C106H91BN4. The van der Waals surface area contributed by atoms with E-state index in [9.17, 15) is 0 Å². The summed E-state index contributed by atoms with van der Waals surface area (Å²) in [6.45, 7) is 27.8. The van der Waals surface area contributed by atoms with Crippen LogP contribution in [0.5, 0.6) is 0 Å². The molecule has 17 aromatic rings. The van der Waals surface area contributed by atoms with Crippen molar-refractivity contribution >= 4 is 101 Å². The Morgan fingerprint density at radius 3 is 0.766 bits per heavy atom. The summed E-state index contributed by atoms with van der Waals surface area (Å²) in [4.78, 5) is 5.19. The van der Waals surface area contributed by atoms with E-state index >= 15 is 0 Å². The average Bonchev–Trinajstić information content (AvgIpc) is 1.51. The van der Waals surface area contributed by atoms with E-state index in [2.05, 4.69) is 436 Å². The monoisotopic (exact) mass is 1430 g/mol. The van der Waals surface area contributed by atoms with Gasteiger partial charge in [0.05, 0.1) is 22.1 Å². The van der Waals surface area contributed by atoms with Gasteiger partial charge < -0.3 is 18.9 Å². The summed E-state index contributed by atoms with van der Waals surface area (Å²) in [5, 5.41) is 5.00. The Hall–Kier alpha value is -12.4. The van der Waals surface area contributed by atoms with Crippen LogP contribution in [-0.4, -0.2) is 15.8 Å². The lowest BCUT2D eigenvalue weighted by atomic mass is 9.33. The molecule has 2 aromatic heterocycles. The Labute approximate surface area is 654 Å². The van der Waals surface area contributed by atoms with Gasteiger partial charge in [0.2, 0.25) is 0 Å². The van der Waals surface area contributed by atoms with Crippen molar-refractivity contribution in [1.29, 1.82) is 0 Å². The Morgan fingerprint density at radius 1 is 0.216 bits per heavy atom. The second-order valence-electron chi connectivity index (χ2n) is 34.9. The number of fused-ring (bicyclic) bond motifs is 10. The fraction of sp³-hybridized carbons (Fsp3) is 0.151. The van der Waals surface area contributed by atoms with Crippen LogP contribution in [0.3, 0.4) is 0 Å². The quantitative estimate of drug-likeness (QED) is 0.127. The molecule has 0 amide bonds. The van der Waals surface area contributed by atoms with Gasteiger partial charge in [-0.15, -0.1) is 0 Å². The van der Waals surface area contributed by atoms with Crippen LogP contribution < -0.4 is 26.2 Å². The normalized spacial score (nSPS) is 13.0. The van der Waals surface area contributed by atoms with Crippen molar-refractivity contribution in [2.45, 2.75) is 105 Å². The van der Waals surface area contributed by atoms with Gasteiger partial charge in [0.25, 0.3) is 6.71 Å². The molecule has 2 aliphatic rings. The van der Waals surface area contributed by atoms with Crippen molar-refractivity contribution in [3.05, 3.63) is 356 Å². The molecule has 0 unspecified atom stereocenters. The van der Waals surface area contributed by atoms with E-state index in [1.165, 1.54) is 138 Å². The number of hydrogen-bond donors (Lipinski definition) is 0. The molecule has 0 spiro atoms. The van der Waals surface area contributed by atoms with Gasteiger partial charge in [0.15, 0.2) is 0 Å². The molecule has 4 heterocycles. The summed E-state index contributed by atoms with van der Waals surface area (Å²) in [6, 6.07) is 127. The molecule has 0 saturated carbocycles. The number of benzene rings is 15. The van der Waals surface area contributed by atoms with Crippen LogP contribution in [-0.2, 0) is 21.7 Å². The maximum absolute atomic E-state index is 2.60. The van der Waals surface area contributed by atoms with Crippen LogP contribution in [0.2, 0.25) is 0 Å². The van der Waals surface area contributed by atoms with E-state index in [1.54, 1.807) is 0 Å². The minimum atomic E-state index is -0.177. The molecule has 0 bridgehead atoms. The van der Waals surface area contributed by atoms with Crippen LogP contribution in [0, 0.1) is 0 Å². The van der Waals surface area contributed by atoms with Crippen molar-refractivity contribution in [2.75, 3.05) is 9.80 Å². The second-order valence-corrected chi connectivity index (χ2v) is 34.9. The first-order chi connectivity index (χ1) is 53.6. The maximum Gasteiger partial charge on any atom is 0.252 e. The van der Waals surface area contributed by atoms with Crippen LogP contribution >= 0.6 is 0 Å². The third-order valence-electron chi connectivity index (χ3n) is 23.8. The van der Waals surface area contributed by atoms with Crippen LogP contribution in [0.15, 0.2) is 334 Å².